The molecular formula is C11H11BrN2O4. The molecule has 0 atom stereocenters. The highest BCUT2D eigenvalue weighted by Crippen LogP contribution is 2.49. The van der Waals surface area contributed by atoms with Gasteiger partial charge in [0.05, 0.1) is 36.0 Å². The first-order valence-electron chi connectivity index (χ1n) is 4.94. The van der Waals surface area contributed by atoms with E-state index in [-0.39, 0.29) is 11.6 Å². The van der Waals surface area contributed by atoms with Crippen molar-refractivity contribution in [2.45, 2.75) is 0 Å². The third-order valence-electron chi connectivity index (χ3n) is 2.46. The molecule has 18 heavy (non-hydrogen) atoms. The molecule has 3 N–H and O–H groups in total. The van der Waals surface area contributed by atoms with E-state index in [1.807, 2.05) is 0 Å². The number of phenolic OH excluding ortho intramolecular Hbond substituents is 1. The summed E-state index contributed by atoms with van der Waals surface area (Å²) < 4.78 is 15.7. The lowest BCUT2D eigenvalue weighted by Gasteiger charge is -2.14. The molecule has 2 aromatic rings. The van der Waals surface area contributed by atoms with E-state index in [0.29, 0.717) is 27.1 Å². The summed E-state index contributed by atoms with van der Waals surface area (Å²) >= 11 is 3.23. The number of aromatic nitrogens is 1. The first kappa shape index (κ1) is 12.6. The topological polar surface area (TPSA) is 90.7 Å². The molecule has 96 valence electrons. The zero-order chi connectivity index (χ0) is 13.3. The van der Waals surface area contributed by atoms with Crippen molar-refractivity contribution in [2.24, 2.45) is 0 Å². The molecule has 0 fully saturated rings. The van der Waals surface area contributed by atoms with Crippen molar-refractivity contribution >= 4 is 21.8 Å². The second-order valence-corrected chi connectivity index (χ2v) is 4.28. The SMILES string of the molecule is COc1cc(Br)c(O)c(-c2cnoc2N)c1OC. The van der Waals surface area contributed by atoms with Gasteiger partial charge in [0.2, 0.25) is 5.88 Å². The first-order chi connectivity index (χ1) is 8.60. The van der Waals surface area contributed by atoms with Gasteiger partial charge >= 0.3 is 0 Å². The molecule has 0 aliphatic heterocycles. The van der Waals surface area contributed by atoms with Crippen molar-refractivity contribution < 1.29 is 19.1 Å². The number of hydrogen-bond donors (Lipinski definition) is 2. The van der Waals surface area contributed by atoms with Crippen molar-refractivity contribution in [3.63, 3.8) is 0 Å². The Labute approximate surface area is 111 Å². The van der Waals surface area contributed by atoms with Gasteiger partial charge in [0, 0.05) is 6.07 Å². The van der Waals surface area contributed by atoms with Crippen molar-refractivity contribution in [3.05, 3.63) is 16.7 Å². The van der Waals surface area contributed by atoms with E-state index in [4.69, 9.17) is 19.7 Å². The second kappa shape index (κ2) is 4.77. The van der Waals surface area contributed by atoms with Gasteiger partial charge in [0.25, 0.3) is 0 Å². The van der Waals surface area contributed by atoms with Crippen LogP contribution in [0, 0.1) is 0 Å². The molecule has 7 heteroatoms. The predicted octanol–water partition coefficient (Wildman–Crippen LogP) is 2.41. The summed E-state index contributed by atoms with van der Waals surface area (Å²) in [5.74, 6) is 0.872. The van der Waals surface area contributed by atoms with Gasteiger partial charge < -0.3 is 24.8 Å². The molecule has 0 radical (unpaired) electrons. The van der Waals surface area contributed by atoms with Crippen molar-refractivity contribution in [1.82, 2.24) is 5.16 Å². The smallest absolute Gasteiger partial charge is 0.230 e. The van der Waals surface area contributed by atoms with E-state index in [1.165, 1.54) is 20.4 Å². The standard InChI is InChI=1S/C11H11BrN2O4/c1-16-7-3-6(12)9(15)8(10(7)17-2)5-4-14-18-11(5)13/h3-4,15H,13H2,1-2H3. The quantitative estimate of drug-likeness (QED) is 0.904. The molecule has 0 aliphatic carbocycles. The lowest BCUT2D eigenvalue weighted by molar-refractivity contribution is 0.352. The number of aromatic hydroxyl groups is 1. The van der Waals surface area contributed by atoms with Gasteiger partial charge in [-0.15, -0.1) is 0 Å². The molecule has 1 heterocycles. The molecule has 0 amide bonds. The highest BCUT2D eigenvalue weighted by Gasteiger charge is 2.23. The van der Waals surface area contributed by atoms with Gasteiger partial charge in [0.1, 0.15) is 5.75 Å². The van der Waals surface area contributed by atoms with E-state index >= 15 is 0 Å². The number of phenols is 1. The minimum atomic E-state index is -0.0254. The van der Waals surface area contributed by atoms with Crippen LogP contribution in [0.5, 0.6) is 17.2 Å². The van der Waals surface area contributed by atoms with Gasteiger partial charge in [0.15, 0.2) is 11.5 Å². The fourth-order valence-electron chi connectivity index (χ4n) is 1.64. The van der Waals surface area contributed by atoms with Crippen LogP contribution in [0.4, 0.5) is 5.88 Å². The molecule has 2 rings (SSSR count). The lowest BCUT2D eigenvalue weighted by atomic mass is 10.1. The van der Waals surface area contributed by atoms with Crippen LogP contribution in [-0.4, -0.2) is 24.5 Å². The predicted molar refractivity (Wildman–Crippen MR) is 68.8 cm³/mol. The molecule has 0 bridgehead atoms. The number of nitrogen functional groups attached to an aromatic ring is 1. The molecule has 0 saturated carbocycles. The maximum Gasteiger partial charge on any atom is 0.230 e. The summed E-state index contributed by atoms with van der Waals surface area (Å²) in [4.78, 5) is 0. The van der Waals surface area contributed by atoms with Crippen LogP contribution < -0.4 is 15.2 Å². The lowest BCUT2D eigenvalue weighted by Crippen LogP contribution is -1.95. The Morgan fingerprint density at radius 2 is 2.11 bits per heavy atom. The van der Waals surface area contributed by atoms with E-state index < -0.39 is 0 Å². The second-order valence-electron chi connectivity index (χ2n) is 3.42. The minimum Gasteiger partial charge on any atom is -0.506 e. The number of hydrogen-bond acceptors (Lipinski definition) is 6. The van der Waals surface area contributed by atoms with Crippen LogP contribution in [0.3, 0.4) is 0 Å². The normalized spacial score (nSPS) is 10.4. The third-order valence-corrected chi connectivity index (χ3v) is 3.07. The summed E-state index contributed by atoms with van der Waals surface area (Å²) in [6.07, 6.45) is 1.40. The fourth-order valence-corrected chi connectivity index (χ4v) is 2.05. The Hall–Kier alpha value is -1.89. The van der Waals surface area contributed by atoms with Crippen LogP contribution in [0.15, 0.2) is 21.3 Å². The van der Waals surface area contributed by atoms with Crippen molar-refractivity contribution in [2.75, 3.05) is 20.0 Å². The van der Waals surface area contributed by atoms with Gasteiger partial charge in [-0.05, 0) is 15.9 Å². The zero-order valence-corrected chi connectivity index (χ0v) is 11.3. The molecule has 0 unspecified atom stereocenters. The third kappa shape index (κ3) is 1.86. The molecule has 6 nitrogen and oxygen atoms in total. The summed E-state index contributed by atoms with van der Waals surface area (Å²) in [6.45, 7) is 0. The van der Waals surface area contributed by atoms with Crippen LogP contribution in [-0.2, 0) is 0 Å². The summed E-state index contributed by atoms with van der Waals surface area (Å²) in [5, 5.41) is 13.7. The van der Waals surface area contributed by atoms with Gasteiger partial charge in [-0.3, -0.25) is 0 Å². The van der Waals surface area contributed by atoms with Gasteiger partial charge in [-0.1, -0.05) is 5.16 Å². The highest BCUT2D eigenvalue weighted by atomic mass is 79.9. The van der Waals surface area contributed by atoms with E-state index in [0.717, 1.165) is 0 Å². The summed E-state index contributed by atoms with van der Waals surface area (Å²) in [5.41, 5.74) is 6.45. The largest absolute Gasteiger partial charge is 0.506 e. The Bertz CT molecular complexity index is 583. The minimum absolute atomic E-state index is 0.0254. The van der Waals surface area contributed by atoms with Gasteiger partial charge in [-0.2, -0.15) is 0 Å². The van der Waals surface area contributed by atoms with Crippen LogP contribution >= 0.6 is 15.9 Å². The molecule has 0 saturated heterocycles. The van der Waals surface area contributed by atoms with E-state index in [1.54, 1.807) is 6.07 Å². The molecule has 1 aromatic heterocycles. The number of nitrogens with zero attached hydrogens (tertiary/aromatic N) is 1. The Balaban J connectivity index is 2.79. The summed E-state index contributed by atoms with van der Waals surface area (Å²) in [6, 6.07) is 1.60. The summed E-state index contributed by atoms with van der Waals surface area (Å²) in [7, 11) is 2.97. The molecule has 1 aromatic carbocycles. The van der Waals surface area contributed by atoms with E-state index in [2.05, 4.69) is 21.1 Å². The number of anilines is 1. The molecular weight excluding hydrogens is 304 g/mol. The Kier molecular flexibility index (Phi) is 3.33. The van der Waals surface area contributed by atoms with Crippen LogP contribution in [0.25, 0.3) is 11.1 Å². The Morgan fingerprint density at radius 1 is 1.39 bits per heavy atom. The van der Waals surface area contributed by atoms with Crippen molar-refractivity contribution in [3.8, 4) is 28.4 Å². The fraction of sp³-hybridized carbons (Fsp3) is 0.182. The van der Waals surface area contributed by atoms with Gasteiger partial charge in [-0.25, -0.2) is 0 Å². The van der Waals surface area contributed by atoms with E-state index in [9.17, 15) is 5.11 Å². The number of halogens is 1. The zero-order valence-electron chi connectivity index (χ0n) is 9.73. The molecule has 0 aliphatic rings. The number of nitrogens with two attached hydrogens (primary N) is 1. The number of benzene rings is 1. The average Bonchev–Trinajstić information content (AvgIpc) is 2.78. The van der Waals surface area contributed by atoms with Crippen LogP contribution in [0.1, 0.15) is 0 Å². The number of methoxy groups -OCH3 is 2. The number of ether oxygens (including phenoxy) is 2. The maximum atomic E-state index is 10.1. The Morgan fingerprint density at radius 3 is 2.61 bits per heavy atom. The van der Waals surface area contributed by atoms with Crippen molar-refractivity contribution in [1.29, 1.82) is 0 Å². The average molecular weight is 315 g/mol. The maximum absolute atomic E-state index is 10.1. The first-order valence-corrected chi connectivity index (χ1v) is 5.73. The highest BCUT2D eigenvalue weighted by molar-refractivity contribution is 9.10. The molecule has 0 spiro atoms. The monoisotopic (exact) mass is 314 g/mol. The number of rotatable bonds is 3. The van der Waals surface area contributed by atoms with Crippen LogP contribution in [0.2, 0.25) is 0 Å².